The Morgan fingerprint density at radius 3 is 2.50 bits per heavy atom. The van der Waals surface area contributed by atoms with Crippen LogP contribution in [-0.2, 0) is 9.53 Å². The molecule has 1 amide bonds. The summed E-state index contributed by atoms with van der Waals surface area (Å²) in [5.74, 6) is 0.206. The first-order chi connectivity index (χ1) is 8.49. The molecule has 4 nitrogen and oxygen atoms in total. The SMILES string of the molecule is CC1(C)CCCC1C(=O)NC1(CO)CCOCC1. The largest absolute Gasteiger partial charge is 0.394 e. The van der Waals surface area contributed by atoms with E-state index in [9.17, 15) is 9.90 Å². The number of rotatable bonds is 3. The third-order valence-electron chi connectivity index (χ3n) is 4.71. The molecule has 1 aliphatic carbocycles. The number of amides is 1. The van der Waals surface area contributed by atoms with Gasteiger partial charge in [-0.15, -0.1) is 0 Å². The van der Waals surface area contributed by atoms with Crippen molar-refractivity contribution in [2.45, 2.75) is 51.5 Å². The number of aliphatic hydroxyl groups is 1. The summed E-state index contributed by atoms with van der Waals surface area (Å²) in [5, 5.41) is 12.7. The van der Waals surface area contributed by atoms with E-state index in [1.165, 1.54) is 0 Å². The first kappa shape index (κ1) is 13.8. The van der Waals surface area contributed by atoms with Crippen molar-refractivity contribution in [3.05, 3.63) is 0 Å². The van der Waals surface area contributed by atoms with E-state index in [0.29, 0.717) is 26.1 Å². The number of carbonyl (C=O) groups excluding carboxylic acids is 1. The van der Waals surface area contributed by atoms with Gasteiger partial charge >= 0.3 is 0 Å². The molecule has 2 fully saturated rings. The average Bonchev–Trinajstić information content (AvgIpc) is 2.70. The molecule has 0 spiro atoms. The first-order valence-corrected chi connectivity index (χ1v) is 7.00. The zero-order valence-electron chi connectivity index (χ0n) is 11.5. The van der Waals surface area contributed by atoms with Crippen LogP contribution in [0.1, 0.15) is 46.0 Å². The molecular weight excluding hydrogens is 230 g/mol. The lowest BCUT2D eigenvalue weighted by molar-refractivity contribution is -0.131. The van der Waals surface area contributed by atoms with Crippen molar-refractivity contribution in [2.24, 2.45) is 11.3 Å². The van der Waals surface area contributed by atoms with Gasteiger partial charge in [-0.25, -0.2) is 0 Å². The molecule has 104 valence electrons. The Balaban J connectivity index is 2.01. The molecule has 1 saturated heterocycles. The van der Waals surface area contributed by atoms with E-state index in [2.05, 4.69) is 19.2 Å². The monoisotopic (exact) mass is 255 g/mol. The van der Waals surface area contributed by atoms with Crippen LogP contribution < -0.4 is 5.32 Å². The lowest BCUT2D eigenvalue weighted by atomic mass is 9.80. The fraction of sp³-hybridized carbons (Fsp3) is 0.929. The molecule has 0 aromatic carbocycles. The fourth-order valence-electron chi connectivity index (χ4n) is 3.25. The van der Waals surface area contributed by atoms with E-state index < -0.39 is 5.54 Å². The maximum Gasteiger partial charge on any atom is 0.224 e. The second-order valence-corrected chi connectivity index (χ2v) is 6.47. The Hall–Kier alpha value is -0.610. The van der Waals surface area contributed by atoms with Gasteiger partial charge in [-0.05, 0) is 31.1 Å². The number of carbonyl (C=O) groups is 1. The van der Waals surface area contributed by atoms with Crippen molar-refractivity contribution in [1.29, 1.82) is 0 Å². The molecular formula is C14H25NO3. The smallest absolute Gasteiger partial charge is 0.224 e. The molecule has 1 heterocycles. The summed E-state index contributed by atoms with van der Waals surface area (Å²) in [4.78, 5) is 12.4. The summed E-state index contributed by atoms with van der Waals surface area (Å²) in [6.07, 6.45) is 4.63. The standard InChI is InChI=1S/C14H25NO3/c1-13(2)5-3-4-11(13)12(17)15-14(10-16)6-8-18-9-7-14/h11,16H,3-10H2,1-2H3,(H,15,17). The van der Waals surface area contributed by atoms with Crippen LogP contribution in [0, 0.1) is 11.3 Å². The lowest BCUT2D eigenvalue weighted by Gasteiger charge is -2.38. The summed E-state index contributed by atoms with van der Waals surface area (Å²) in [6.45, 7) is 5.58. The normalized spacial score (nSPS) is 30.1. The van der Waals surface area contributed by atoms with Gasteiger partial charge in [-0.2, -0.15) is 0 Å². The summed E-state index contributed by atoms with van der Waals surface area (Å²) >= 11 is 0. The molecule has 1 atom stereocenters. The van der Waals surface area contributed by atoms with Gasteiger partial charge in [0, 0.05) is 19.1 Å². The second kappa shape index (κ2) is 5.17. The third kappa shape index (κ3) is 2.69. The maximum absolute atomic E-state index is 12.4. The topological polar surface area (TPSA) is 58.6 Å². The van der Waals surface area contributed by atoms with Crippen LogP contribution in [0.25, 0.3) is 0 Å². The van der Waals surface area contributed by atoms with E-state index in [0.717, 1.165) is 19.3 Å². The van der Waals surface area contributed by atoms with Crippen LogP contribution in [0.5, 0.6) is 0 Å². The molecule has 0 bridgehead atoms. The molecule has 0 aromatic heterocycles. The molecule has 4 heteroatoms. The predicted octanol–water partition coefficient (Wildman–Crippen LogP) is 1.47. The van der Waals surface area contributed by atoms with Gasteiger partial charge in [0.1, 0.15) is 0 Å². The molecule has 0 aromatic rings. The van der Waals surface area contributed by atoms with E-state index in [4.69, 9.17) is 4.74 Å². The lowest BCUT2D eigenvalue weighted by Crippen LogP contribution is -2.56. The van der Waals surface area contributed by atoms with Crippen LogP contribution in [0.2, 0.25) is 0 Å². The molecule has 1 unspecified atom stereocenters. The van der Waals surface area contributed by atoms with Gasteiger partial charge < -0.3 is 15.2 Å². The van der Waals surface area contributed by atoms with Crippen LogP contribution in [0.4, 0.5) is 0 Å². The highest BCUT2D eigenvalue weighted by Gasteiger charge is 2.42. The van der Waals surface area contributed by atoms with Crippen LogP contribution in [0.3, 0.4) is 0 Å². The van der Waals surface area contributed by atoms with Crippen molar-refractivity contribution >= 4 is 5.91 Å². The van der Waals surface area contributed by atoms with Crippen LogP contribution in [-0.4, -0.2) is 36.4 Å². The third-order valence-corrected chi connectivity index (χ3v) is 4.71. The quantitative estimate of drug-likeness (QED) is 0.803. The van der Waals surface area contributed by atoms with E-state index >= 15 is 0 Å². The van der Waals surface area contributed by atoms with Crippen molar-refractivity contribution in [2.75, 3.05) is 19.8 Å². The fourth-order valence-corrected chi connectivity index (χ4v) is 3.25. The number of aliphatic hydroxyl groups excluding tert-OH is 1. The Labute approximate surface area is 109 Å². The van der Waals surface area contributed by atoms with E-state index in [1.807, 2.05) is 0 Å². The summed E-state index contributed by atoms with van der Waals surface area (Å²) in [6, 6.07) is 0. The average molecular weight is 255 g/mol. The highest BCUT2D eigenvalue weighted by atomic mass is 16.5. The zero-order valence-corrected chi connectivity index (χ0v) is 11.5. The van der Waals surface area contributed by atoms with Crippen molar-refractivity contribution in [3.8, 4) is 0 Å². The molecule has 2 aliphatic rings. The number of hydrogen-bond acceptors (Lipinski definition) is 3. The minimum absolute atomic E-state index is 0.00918. The first-order valence-electron chi connectivity index (χ1n) is 7.00. The Kier molecular flexibility index (Phi) is 3.97. The van der Waals surface area contributed by atoms with Gasteiger partial charge in [0.25, 0.3) is 0 Å². The maximum atomic E-state index is 12.4. The van der Waals surface area contributed by atoms with Gasteiger partial charge in [0.15, 0.2) is 0 Å². The highest BCUT2D eigenvalue weighted by molar-refractivity contribution is 5.80. The predicted molar refractivity (Wildman–Crippen MR) is 69.1 cm³/mol. The van der Waals surface area contributed by atoms with Gasteiger partial charge in [-0.1, -0.05) is 20.3 Å². The Morgan fingerprint density at radius 2 is 2.00 bits per heavy atom. The van der Waals surface area contributed by atoms with Gasteiger partial charge in [0.05, 0.1) is 12.1 Å². The van der Waals surface area contributed by atoms with E-state index in [-0.39, 0.29) is 23.8 Å². The Morgan fingerprint density at radius 1 is 1.33 bits per heavy atom. The van der Waals surface area contributed by atoms with E-state index in [1.54, 1.807) is 0 Å². The molecule has 0 radical (unpaired) electrons. The molecule has 1 aliphatic heterocycles. The zero-order chi connectivity index (χ0) is 13.2. The minimum Gasteiger partial charge on any atom is -0.394 e. The van der Waals surface area contributed by atoms with Crippen LogP contribution in [0.15, 0.2) is 0 Å². The molecule has 18 heavy (non-hydrogen) atoms. The summed E-state index contributed by atoms with van der Waals surface area (Å²) in [7, 11) is 0. The number of nitrogens with one attached hydrogen (secondary N) is 1. The van der Waals surface area contributed by atoms with Crippen molar-refractivity contribution in [3.63, 3.8) is 0 Å². The second-order valence-electron chi connectivity index (χ2n) is 6.47. The highest BCUT2D eigenvalue weighted by Crippen LogP contribution is 2.43. The number of hydrogen-bond donors (Lipinski definition) is 2. The Bertz CT molecular complexity index is 308. The molecule has 2 N–H and O–H groups in total. The molecule has 2 rings (SSSR count). The minimum atomic E-state index is -0.450. The van der Waals surface area contributed by atoms with Crippen molar-refractivity contribution < 1.29 is 14.6 Å². The summed E-state index contributed by atoms with van der Waals surface area (Å²) in [5.41, 5.74) is -0.361. The van der Waals surface area contributed by atoms with Crippen LogP contribution >= 0.6 is 0 Å². The van der Waals surface area contributed by atoms with Gasteiger partial charge in [0.2, 0.25) is 5.91 Å². The van der Waals surface area contributed by atoms with Gasteiger partial charge in [-0.3, -0.25) is 4.79 Å². The van der Waals surface area contributed by atoms with Crippen molar-refractivity contribution in [1.82, 2.24) is 5.32 Å². The number of ether oxygens (including phenoxy) is 1. The molecule has 1 saturated carbocycles. The summed E-state index contributed by atoms with van der Waals surface area (Å²) < 4.78 is 5.31.